The van der Waals surface area contributed by atoms with E-state index >= 15 is 0 Å². The first-order valence-corrected chi connectivity index (χ1v) is 8.39. The summed E-state index contributed by atoms with van der Waals surface area (Å²) < 4.78 is 11.0. The van der Waals surface area contributed by atoms with Gasteiger partial charge in [-0.3, -0.25) is 4.99 Å². The van der Waals surface area contributed by atoms with E-state index in [4.69, 9.17) is 9.47 Å². The average molecular weight is 284 g/mol. The van der Waals surface area contributed by atoms with E-state index < -0.39 is 0 Å². The van der Waals surface area contributed by atoms with Crippen LogP contribution in [0.2, 0.25) is 0 Å². The molecule has 5 heteroatoms. The summed E-state index contributed by atoms with van der Waals surface area (Å²) in [6, 6.07) is 0. The van der Waals surface area contributed by atoms with Crippen LogP contribution in [0.1, 0.15) is 32.6 Å². The Morgan fingerprint density at radius 2 is 2.42 bits per heavy atom. The van der Waals surface area contributed by atoms with Crippen LogP contribution in [0.15, 0.2) is 4.99 Å². The molecule has 3 fully saturated rings. The summed E-state index contributed by atoms with van der Waals surface area (Å²) in [6.45, 7) is 5.21. The number of aliphatic imine (C=N–C) groups is 1. The van der Waals surface area contributed by atoms with Crippen molar-refractivity contribution in [3.8, 4) is 0 Å². The molecule has 3 atom stereocenters. The topological polar surface area (TPSA) is 42.9 Å². The molecule has 19 heavy (non-hydrogen) atoms. The van der Waals surface area contributed by atoms with Gasteiger partial charge in [0.1, 0.15) is 6.10 Å². The van der Waals surface area contributed by atoms with Crippen LogP contribution in [0, 0.1) is 5.92 Å². The van der Waals surface area contributed by atoms with Crippen LogP contribution in [0.25, 0.3) is 0 Å². The van der Waals surface area contributed by atoms with E-state index in [-0.39, 0.29) is 6.10 Å². The van der Waals surface area contributed by atoms with Crippen molar-refractivity contribution < 1.29 is 9.47 Å². The Balaban J connectivity index is 1.53. The molecule has 0 aromatic heterocycles. The summed E-state index contributed by atoms with van der Waals surface area (Å²) in [5.74, 6) is 2.02. The van der Waals surface area contributed by atoms with Gasteiger partial charge in [-0.1, -0.05) is 31.5 Å². The Bertz CT molecular complexity index is 344. The highest BCUT2D eigenvalue weighted by molar-refractivity contribution is 8.14. The lowest BCUT2D eigenvalue weighted by molar-refractivity contribution is -0.0832. The van der Waals surface area contributed by atoms with Crippen molar-refractivity contribution in [3.63, 3.8) is 0 Å². The van der Waals surface area contributed by atoms with Gasteiger partial charge < -0.3 is 14.8 Å². The van der Waals surface area contributed by atoms with E-state index in [1.54, 1.807) is 0 Å². The number of thioether (sulfide) groups is 1. The molecular formula is C14H24N2O2S. The van der Waals surface area contributed by atoms with Gasteiger partial charge in [0.15, 0.2) is 5.17 Å². The molecule has 3 unspecified atom stereocenters. The third-order valence-electron chi connectivity index (χ3n) is 4.27. The van der Waals surface area contributed by atoms with Crippen LogP contribution >= 0.6 is 11.8 Å². The molecule has 1 aliphatic carbocycles. The fourth-order valence-electron chi connectivity index (χ4n) is 3.32. The summed E-state index contributed by atoms with van der Waals surface area (Å²) in [7, 11) is 0. The predicted molar refractivity (Wildman–Crippen MR) is 78.8 cm³/mol. The van der Waals surface area contributed by atoms with Crippen LogP contribution in [-0.4, -0.2) is 48.9 Å². The molecule has 0 amide bonds. The summed E-state index contributed by atoms with van der Waals surface area (Å²) in [6.07, 6.45) is 5.47. The number of hydrogen-bond donors (Lipinski definition) is 1. The minimum Gasteiger partial charge on any atom is -0.376 e. The zero-order chi connectivity index (χ0) is 13.1. The molecule has 1 saturated carbocycles. The van der Waals surface area contributed by atoms with Gasteiger partial charge in [-0.25, -0.2) is 0 Å². The minimum absolute atomic E-state index is 0.144. The zero-order valence-electron chi connectivity index (χ0n) is 11.7. The summed E-state index contributed by atoms with van der Waals surface area (Å²) in [4.78, 5) is 4.68. The number of amidine groups is 1. The lowest BCUT2D eigenvalue weighted by Gasteiger charge is -2.36. The fourth-order valence-corrected chi connectivity index (χ4v) is 4.52. The highest BCUT2D eigenvalue weighted by atomic mass is 32.2. The second-order valence-electron chi connectivity index (χ2n) is 6.11. The molecule has 2 saturated heterocycles. The van der Waals surface area contributed by atoms with E-state index in [0.717, 1.165) is 24.2 Å². The van der Waals surface area contributed by atoms with Crippen molar-refractivity contribution >= 4 is 16.9 Å². The molecule has 2 heterocycles. The van der Waals surface area contributed by atoms with E-state index in [1.807, 2.05) is 11.8 Å². The highest BCUT2D eigenvalue weighted by Gasteiger charge is 2.40. The normalized spacial score (nSPS) is 41.6. The van der Waals surface area contributed by atoms with Gasteiger partial charge in [0.25, 0.3) is 0 Å². The number of ether oxygens (including phenoxy) is 2. The summed E-state index contributed by atoms with van der Waals surface area (Å²) in [5, 5.41) is 4.81. The molecule has 3 rings (SSSR count). The molecule has 108 valence electrons. The van der Waals surface area contributed by atoms with Gasteiger partial charge in [-0.15, -0.1) is 0 Å². The average Bonchev–Trinajstić information content (AvgIpc) is 2.80. The Hall–Kier alpha value is -0.260. The lowest BCUT2D eigenvalue weighted by atomic mass is 9.78. The smallest absolute Gasteiger partial charge is 0.157 e. The summed E-state index contributed by atoms with van der Waals surface area (Å²) in [5.41, 5.74) is 0.324. The largest absolute Gasteiger partial charge is 0.376 e. The first-order chi connectivity index (χ1) is 9.26. The molecular weight excluding hydrogens is 260 g/mol. The van der Waals surface area contributed by atoms with Gasteiger partial charge >= 0.3 is 0 Å². The molecule has 1 N–H and O–H groups in total. The number of hydrogen-bond acceptors (Lipinski definition) is 4. The van der Waals surface area contributed by atoms with Gasteiger partial charge in [0.2, 0.25) is 0 Å². The standard InChI is InChI=1S/C14H24N2O2S/c1-11-3-2-4-14(7-11)10-19-13(16-14)15-8-12-9-17-5-6-18-12/h11-12H,2-10H2,1H3,(H,15,16). The predicted octanol–water partition coefficient (Wildman–Crippen LogP) is 2.04. The third-order valence-corrected chi connectivity index (χ3v) is 5.47. The van der Waals surface area contributed by atoms with Crippen LogP contribution in [0.5, 0.6) is 0 Å². The van der Waals surface area contributed by atoms with Crippen molar-refractivity contribution in [3.05, 3.63) is 0 Å². The van der Waals surface area contributed by atoms with Gasteiger partial charge in [0.05, 0.1) is 26.4 Å². The first kappa shape index (κ1) is 13.7. The van der Waals surface area contributed by atoms with E-state index in [2.05, 4.69) is 17.2 Å². The van der Waals surface area contributed by atoms with Crippen molar-refractivity contribution in [1.29, 1.82) is 0 Å². The Morgan fingerprint density at radius 3 is 3.21 bits per heavy atom. The minimum atomic E-state index is 0.144. The maximum absolute atomic E-state index is 5.62. The Kier molecular flexibility index (Phi) is 4.34. The molecule has 0 aromatic rings. The third kappa shape index (κ3) is 3.44. The zero-order valence-corrected chi connectivity index (χ0v) is 12.5. The highest BCUT2D eigenvalue weighted by Crippen LogP contribution is 2.38. The second kappa shape index (κ2) is 6.02. The molecule has 1 spiro atoms. The number of nitrogens with one attached hydrogen (secondary N) is 1. The quantitative estimate of drug-likeness (QED) is 0.843. The van der Waals surface area contributed by atoms with Crippen LogP contribution in [0.4, 0.5) is 0 Å². The van der Waals surface area contributed by atoms with Crippen LogP contribution in [0.3, 0.4) is 0 Å². The van der Waals surface area contributed by atoms with E-state index in [9.17, 15) is 0 Å². The van der Waals surface area contributed by atoms with Crippen LogP contribution < -0.4 is 5.32 Å². The van der Waals surface area contributed by atoms with E-state index in [0.29, 0.717) is 18.8 Å². The fraction of sp³-hybridized carbons (Fsp3) is 0.929. The number of rotatable bonds is 2. The van der Waals surface area contributed by atoms with E-state index in [1.165, 1.54) is 31.4 Å². The van der Waals surface area contributed by atoms with Crippen molar-refractivity contribution in [1.82, 2.24) is 5.32 Å². The molecule has 0 radical (unpaired) electrons. The Labute approximate surface area is 119 Å². The molecule has 3 aliphatic rings. The van der Waals surface area contributed by atoms with Gasteiger partial charge in [0, 0.05) is 11.3 Å². The van der Waals surface area contributed by atoms with Gasteiger partial charge in [-0.05, 0) is 18.8 Å². The lowest BCUT2D eigenvalue weighted by Crippen LogP contribution is -2.47. The van der Waals surface area contributed by atoms with Gasteiger partial charge in [-0.2, -0.15) is 0 Å². The SMILES string of the molecule is CC1CCCC2(CSC(=NCC3COCCO3)N2)C1. The Morgan fingerprint density at radius 1 is 1.47 bits per heavy atom. The summed E-state index contributed by atoms with van der Waals surface area (Å²) >= 11 is 1.88. The van der Waals surface area contributed by atoms with Crippen LogP contribution in [-0.2, 0) is 9.47 Å². The number of nitrogens with zero attached hydrogens (tertiary/aromatic N) is 1. The molecule has 2 aliphatic heterocycles. The maximum Gasteiger partial charge on any atom is 0.157 e. The molecule has 0 aromatic carbocycles. The molecule has 4 nitrogen and oxygen atoms in total. The second-order valence-corrected chi connectivity index (χ2v) is 7.07. The first-order valence-electron chi connectivity index (χ1n) is 7.41. The van der Waals surface area contributed by atoms with Crippen molar-refractivity contribution in [2.45, 2.75) is 44.2 Å². The van der Waals surface area contributed by atoms with Crippen molar-refractivity contribution in [2.24, 2.45) is 10.9 Å². The maximum atomic E-state index is 5.62. The molecule has 0 bridgehead atoms. The monoisotopic (exact) mass is 284 g/mol. The van der Waals surface area contributed by atoms with Crippen molar-refractivity contribution in [2.75, 3.05) is 32.1 Å².